The molecule has 0 spiro atoms. The van der Waals surface area contributed by atoms with E-state index in [-0.39, 0.29) is 6.01 Å². The fraction of sp³-hybridized carbons (Fsp3) is 0.600. The van der Waals surface area contributed by atoms with E-state index in [1.165, 1.54) is 13.3 Å². The van der Waals surface area contributed by atoms with Crippen LogP contribution in [0, 0.1) is 0 Å². The van der Waals surface area contributed by atoms with Gasteiger partial charge in [-0.05, 0) is 13.0 Å². The van der Waals surface area contributed by atoms with Gasteiger partial charge in [0.15, 0.2) is 0 Å². The Hall–Kier alpha value is -1.07. The van der Waals surface area contributed by atoms with Crippen molar-refractivity contribution in [2.24, 2.45) is 0 Å². The molecule has 0 aliphatic heterocycles. The molecule has 5 nitrogen and oxygen atoms in total. The highest BCUT2D eigenvalue weighted by Gasteiger charge is 2.06. The second kappa shape index (κ2) is 7.24. The second-order valence-electron chi connectivity index (χ2n) is 3.11. The van der Waals surface area contributed by atoms with Crippen LogP contribution in [-0.4, -0.2) is 36.8 Å². The zero-order chi connectivity index (χ0) is 11.8. The van der Waals surface area contributed by atoms with E-state index in [2.05, 4.69) is 22.2 Å². The summed E-state index contributed by atoms with van der Waals surface area (Å²) >= 11 is 5.87. The third-order valence-corrected chi connectivity index (χ3v) is 2.08. The summed E-state index contributed by atoms with van der Waals surface area (Å²) in [6.45, 7) is 4.36. The summed E-state index contributed by atoms with van der Waals surface area (Å²) in [5.74, 6) is 0.354. The van der Waals surface area contributed by atoms with Gasteiger partial charge in [-0.2, -0.15) is 4.98 Å². The molecule has 0 bridgehead atoms. The highest BCUT2D eigenvalue weighted by Crippen LogP contribution is 2.22. The molecule has 0 atom stereocenters. The van der Waals surface area contributed by atoms with Gasteiger partial charge in [0.25, 0.3) is 0 Å². The molecule has 0 unspecified atom stereocenters. The van der Waals surface area contributed by atoms with Gasteiger partial charge in [-0.15, -0.1) is 0 Å². The highest BCUT2D eigenvalue weighted by atomic mass is 35.5. The monoisotopic (exact) mass is 245 g/mol. The molecule has 1 aromatic rings. The predicted molar refractivity (Wildman–Crippen MR) is 62.2 cm³/mol. The number of nitrogens with zero attached hydrogens (tertiary/aromatic N) is 2. The smallest absolute Gasteiger partial charge is 0.319 e. The molecule has 0 saturated carbocycles. The Kier molecular flexibility index (Phi) is 5.88. The number of hydrogen-bond donors (Lipinski definition) is 1. The van der Waals surface area contributed by atoms with Crippen LogP contribution in [0.15, 0.2) is 6.20 Å². The molecule has 0 aliphatic carbocycles. The summed E-state index contributed by atoms with van der Waals surface area (Å²) in [6, 6.07) is 0.251. The SMILES string of the molecule is CCCNCCOc1nc(OC)ncc1Cl. The summed E-state index contributed by atoms with van der Waals surface area (Å²) in [6.07, 6.45) is 2.56. The van der Waals surface area contributed by atoms with Gasteiger partial charge in [0, 0.05) is 6.54 Å². The Labute approximate surface area is 100 Å². The third kappa shape index (κ3) is 4.20. The van der Waals surface area contributed by atoms with E-state index in [9.17, 15) is 0 Å². The molecule has 1 rings (SSSR count). The Morgan fingerprint density at radius 1 is 1.44 bits per heavy atom. The average molecular weight is 246 g/mol. The number of aromatic nitrogens is 2. The molecule has 0 saturated heterocycles. The molecular weight excluding hydrogens is 230 g/mol. The molecule has 16 heavy (non-hydrogen) atoms. The fourth-order valence-electron chi connectivity index (χ4n) is 1.06. The largest absolute Gasteiger partial charge is 0.475 e. The van der Waals surface area contributed by atoms with Gasteiger partial charge in [-0.25, -0.2) is 4.98 Å². The van der Waals surface area contributed by atoms with Crippen LogP contribution in [-0.2, 0) is 0 Å². The van der Waals surface area contributed by atoms with Crippen molar-refractivity contribution in [1.29, 1.82) is 0 Å². The zero-order valence-electron chi connectivity index (χ0n) is 9.49. The van der Waals surface area contributed by atoms with E-state index in [0.717, 1.165) is 19.5 Å². The summed E-state index contributed by atoms with van der Waals surface area (Å²) in [4.78, 5) is 7.85. The lowest BCUT2D eigenvalue weighted by molar-refractivity contribution is 0.292. The van der Waals surface area contributed by atoms with Crippen LogP contribution >= 0.6 is 11.6 Å². The van der Waals surface area contributed by atoms with Gasteiger partial charge < -0.3 is 14.8 Å². The van der Waals surface area contributed by atoms with Gasteiger partial charge in [0.1, 0.15) is 11.6 Å². The first kappa shape index (κ1) is 13.0. The maximum Gasteiger partial charge on any atom is 0.319 e. The Balaban J connectivity index is 2.40. The molecule has 0 radical (unpaired) electrons. The predicted octanol–water partition coefficient (Wildman–Crippen LogP) is 1.52. The number of halogens is 1. The van der Waals surface area contributed by atoms with E-state index in [1.807, 2.05) is 0 Å². The van der Waals surface area contributed by atoms with Crippen LogP contribution in [0.25, 0.3) is 0 Å². The lowest BCUT2D eigenvalue weighted by Gasteiger charge is -2.08. The number of methoxy groups -OCH3 is 1. The molecular formula is C10H16ClN3O2. The van der Waals surface area contributed by atoms with Crippen LogP contribution in [0.3, 0.4) is 0 Å². The number of ether oxygens (including phenoxy) is 2. The van der Waals surface area contributed by atoms with Crippen molar-refractivity contribution < 1.29 is 9.47 Å². The minimum atomic E-state index is 0.251. The van der Waals surface area contributed by atoms with Gasteiger partial charge in [-0.1, -0.05) is 18.5 Å². The minimum absolute atomic E-state index is 0.251. The Morgan fingerprint density at radius 2 is 2.25 bits per heavy atom. The van der Waals surface area contributed by atoms with Crippen molar-refractivity contribution in [2.75, 3.05) is 26.8 Å². The average Bonchev–Trinajstić information content (AvgIpc) is 2.31. The first-order valence-electron chi connectivity index (χ1n) is 5.18. The first-order valence-corrected chi connectivity index (χ1v) is 5.55. The molecule has 0 aliphatic rings. The molecule has 0 aromatic carbocycles. The number of rotatable bonds is 7. The maximum absolute atomic E-state index is 5.87. The van der Waals surface area contributed by atoms with E-state index in [1.54, 1.807) is 0 Å². The van der Waals surface area contributed by atoms with E-state index in [4.69, 9.17) is 21.1 Å². The van der Waals surface area contributed by atoms with E-state index in [0.29, 0.717) is 17.5 Å². The van der Waals surface area contributed by atoms with Crippen LogP contribution < -0.4 is 14.8 Å². The standard InChI is InChI=1S/C10H16ClN3O2/c1-3-4-12-5-6-16-9-8(11)7-13-10(14-9)15-2/h7,12H,3-6H2,1-2H3. The Morgan fingerprint density at radius 3 is 2.94 bits per heavy atom. The lowest BCUT2D eigenvalue weighted by Crippen LogP contribution is -2.21. The summed E-state index contributed by atoms with van der Waals surface area (Å²) in [7, 11) is 1.50. The van der Waals surface area contributed by atoms with Gasteiger partial charge in [0.2, 0.25) is 5.88 Å². The van der Waals surface area contributed by atoms with Gasteiger partial charge >= 0.3 is 6.01 Å². The molecule has 0 amide bonds. The Bertz CT molecular complexity index is 323. The van der Waals surface area contributed by atoms with Crippen molar-refractivity contribution in [3.63, 3.8) is 0 Å². The summed E-state index contributed by atoms with van der Waals surface area (Å²) in [5.41, 5.74) is 0. The topological polar surface area (TPSA) is 56.3 Å². The normalized spacial score (nSPS) is 10.2. The highest BCUT2D eigenvalue weighted by molar-refractivity contribution is 6.31. The summed E-state index contributed by atoms with van der Waals surface area (Å²) < 4.78 is 10.3. The van der Waals surface area contributed by atoms with Crippen molar-refractivity contribution in [3.05, 3.63) is 11.2 Å². The number of hydrogen-bond acceptors (Lipinski definition) is 5. The second-order valence-corrected chi connectivity index (χ2v) is 3.52. The summed E-state index contributed by atoms with van der Waals surface area (Å²) in [5, 5.41) is 3.60. The third-order valence-electron chi connectivity index (χ3n) is 1.82. The van der Waals surface area contributed by atoms with Gasteiger partial charge in [0.05, 0.1) is 13.3 Å². The number of nitrogens with one attached hydrogen (secondary N) is 1. The molecule has 90 valence electrons. The quantitative estimate of drug-likeness (QED) is 0.738. The van der Waals surface area contributed by atoms with Crippen LogP contribution in [0.5, 0.6) is 11.9 Å². The van der Waals surface area contributed by atoms with E-state index < -0.39 is 0 Å². The van der Waals surface area contributed by atoms with Crippen molar-refractivity contribution in [1.82, 2.24) is 15.3 Å². The van der Waals surface area contributed by atoms with Crippen molar-refractivity contribution in [2.45, 2.75) is 13.3 Å². The van der Waals surface area contributed by atoms with E-state index >= 15 is 0 Å². The molecule has 0 fully saturated rings. The lowest BCUT2D eigenvalue weighted by atomic mass is 10.5. The minimum Gasteiger partial charge on any atom is -0.475 e. The van der Waals surface area contributed by atoms with Crippen molar-refractivity contribution >= 4 is 11.6 Å². The van der Waals surface area contributed by atoms with Crippen LogP contribution in [0.4, 0.5) is 0 Å². The molecule has 6 heteroatoms. The maximum atomic E-state index is 5.87. The molecule has 1 heterocycles. The van der Waals surface area contributed by atoms with Crippen molar-refractivity contribution in [3.8, 4) is 11.9 Å². The van der Waals surface area contributed by atoms with Gasteiger partial charge in [-0.3, -0.25) is 0 Å². The molecule has 1 aromatic heterocycles. The first-order chi connectivity index (χ1) is 7.77. The zero-order valence-corrected chi connectivity index (χ0v) is 10.3. The molecule has 1 N–H and O–H groups in total. The van der Waals surface area contributed by atoms with Crippen LogP contribution in [0.2, 0.25) is 5.02 Å². The van der Waals surface area contributed by atoms with Crippen LogP contribution in [0.1, 0.15) is 13.3 Å². The fourth-order valence-corrected chi connectivity index (χ4v) is 1.20.